The van der Waals surface area contributed by atoms with Crippen molar-refractivity contribution >= 4 is 11.7 Å². The second kappa shape index (κ2) is 6.47. The van der Waals surface area contributed by atoms with Crippen molar-refractivity contribution in [1.82, 2.24) is 9.80 Å². The maximum Gasteiger partial charge on any atom is 0.236 e. The molecule has 1 aliphatic heterocycles. The zero-order valence-corrected chi connectivity index (χ0v) is 13.2. The number of likely N-dealkylation sites (N-methyl/N-ethyl adjacent to an activating group) is 1. The van der Waals surface area contributed by atoms with Crippen molar-refractivity contribution in [2.75, 3.05) is 19.6 Å². The largest absolute Gasteiger partial charge is 0.339 e. The van der Waals surface area contributed by atoms with Gasteiger partial charge in [-0.05, 0) is 52.0 Å². The Morgan fingerprint density at radius 1 is 1.19 bits per heavy atom. The van der Waals surface area contributed by atoms with E-state index in [1.54, 1.807) is 0 Å². The van der Waals surface area contributed by atoms with Gasteiger partial charge >= 0.3 is 0 Å². The number of rotatable bonds is 5. The van der Waals surface area contributed by atoms with E-state index in [9.17, 15) is 9.59 Å². The monoisotopic (exact) mass is 292 g/mol. The van der Waals surface area contributed by atoms with Gasteiger partial charge in [-0.1, -0.05) is 6.42 Å². The predicted octanol–water partition coefficient (Wildman–Crippen LogP) is 2.22. The minimum absolute atomic E-state index is 0.203. The van der Waals surface area contributed by atoms with Gasteiger partial charge in [0.25, 0.3) is 0 Å². The third kappa shape index (κ3) is 3.31. The van der Waals surface area contributed by atoms with E-state index in [0.29, 0.717) is 24.4 Å². The zero-order chi connectivity index (χ0) is 14.8. The highest BCUT2D eigenvalue weighted by Gasteiger charge is 2.39. The van der Waals surface area contributed by atoms with Crippen molar-refractivity contribution in [2.45, 2.75) is 70.4 Å². The van der Waals surface area contributed by atoms with Crippen molar-refractivity contribution < 1.29 is 9.59 Å². The van der Waals surface area contributed by atoms with Gasteiger partial charge in [0.05, 0.1) is 6.54 Å². The topological polar surface area (TPSA) is 40.6 Å². The second-order valence-corrected chi connectivity index (χ2v) is 6.91. The van der Waals surface area contributed by atoms with E-state index in [4.69, 9.17) is 0 Å². The van der Waals surface area contributed by atoms with E-state index in [1.165, 1.54) is 25.7 Å². The van der Waals surface area contributed by atoms with Gasteiger partial charge in [-0.3, -0.25) is 14.5 Å². The van der Waals surface area contributed by atoms with E-state index in [2.05, 4.69) is 11.8 Å². The molecule has 2 saturated carbocycles. The molecule has 118 valence electrons. The normalized spacial score (nSPS) is 30.6. The molecule has 1 heterocycles. The van der Waals surface area contributed by atoms with Gasteiger partial charge in [-0.2, -0.15) is 0 Å². The summed E-state index contributed by atoms with van der Waals surface area (Å²) in [5.74, 6) is 0.917. The fraction of sp³-hybridized carbons (Fsp3) is 0.882. The third-order valence-electron chi connectivity index (χ3n) is 5.47. The molecule has 0 N–H and O–H groups in total. The van der Waals surface area contributed by atoms with Crippen LogP contribution in [0.15, 0.2) is 0 Å². The third-order valence-corrected chi connectivity index (χ3v) is 5.47. The minimum Gasteiger partial charge on any atom is -0.339 e. The summed E-state index contributed by atoms with van der Waals surface area (Å²) < 4.78 is 0. The lowest BCUT2D eigenvalue weighted by atomic mass is 9.88. The number of carbonyl (C=O) groups is 2. The Bertz CT molecular complexity index is 406. The van der Waals surface area contributed by atoms with Crippen molar-refractivity contribution in [3.05, 3.63) is 0 Å². The van der Waals surface area contributed by atoms with Crippen molar-refractivity contribution in [3.63, 3.8) is 0 Å². The highest BCUT2D eigenvalue weighted by Crippen LogP contribution is 2.33. The van der Waals surface area contributed by atoms with Gasteiger partial charge in [0.15, 0.2) is 0 Å². The number of nitrogens with zero attached hydrogens (tertiary/aromatic N) is 2. The number of hydrogen-bond acceptors (Lipinski definition) is 3. The number of hydrogen-bond donors (Lipinski definition) is 0. The summed E-state index contributed by atoms with van der Waals surface area (Å²) in [5, 5.41) is 0. The molecule has 2 atom stereocenters. The average Bonchev–Trinajstić information content (AvgIpc) is 3.22. The lowest BCUT2D eigenvalue weighted by molar-refractivity contribution is -0.135. The van der Waals surface area contributed by atoms with Crippen LogP contribution in [-0.2, 0) is 9.59 Å². The molecule has 21 heavy (non-hydrogen) atoms. The molecule has 2 aliphatic carbocycles. The first-order valence-electron chi connectivity index (χ1n) is 8.77. The first-order valence-corrected chi connectivity index (χ1v) is 8.77. The van der Waals surface area contributed by atoms with Gasteiger partial charge in [0.2, 0.25) is 5.91 Å². The van der Waals surface area contributed by atoms with Crippen LogP contribution in [0.1, 0.15) is 58.3 Å². The maximum atomic E-state index is 12.6. The molecule has 3 aliphatic rings. The molecule has 4 nitrogen and oxygen atoms in total. The Morgan fingerprint density at radius 3 is 2.62 bits per heavy atom. The van der Waals surface area contributed by atoms with Gasteiger partial charge in [-0.15, -0.1) is 0 Å². The number of likely N-dealkylation sites (tertiary alicyclic amines) is 1. The molecule has 4 heteroatoms. The van der Waals surface area contributed by atoms with Crippen LogP contribution in [0.5, 0.6) is 0 Å². The summed E-state index contributed by atoms with van der Waals surface area (Å²) in [6.07, 6.45) is 8.65. The van der Waals surface area contributed by atoms with Crippen molar-refractivity contribution in [1.29, 1.82) is 0 Å². The smallest absolute Gasteiger partial charge is 0.236 e. The molecule has 0 spiro atoms. The second-order valence-electron chi connectivity index (χ2n) is 6.91. The molecule has 3 rings (SSSR count). The molecular weight excluding hydrogens is 264 g/mol. The van der Waals surface area contributed by atoms with E-state index in [1.807, 2.05) is 4.90 Å². The first kappa shape index (κ1) is 15.0. The molecule has 2 unspecified atom stereocenters. The molecule has 0 radical (unpaired) electrons. The molecule has 0 aromatic rings. The van der Waals surface area contributed by atoms with Crippen LogP contribution in [-0.4, -0.2) is 53.2 Å². The Kier molecular flexibility index (Phi) is 4.63. The van der Waals surface area contributed by atoms with Gasteiger partial charge < -0.3 is 4.90 Å². The number of Topliss-reactive ketones (excluding diaryl/α,β-unsaturated/α-hetero) is 1. The summed E-state index contributed by atoms with van der Waals surface area (Å²) in [4.78, 5) is 29.0. The van der Waals surface area contributed by atoms with E-state index >= 15 is 0 Å². The molecule has 1 amide bonds. The summed E-state index contributed by atoms with van der Waals surface area (Å²) in [5.41, 5.74) is 0. The summed E-state index contributed by atoms with van der Waals surface area (Å²) in [6, 6.07) is 0.828. The highest BCUT2D eigenvalue weighted by molar-refractivity contribution is 5.84. The number of piperidine rings is 1. The Labute approximate surface area is 127 Å². The standard InChI is InChI=1S/C17H28N2O2/c1-2-19(13-9-10-13)17(21)12-18-11-4-3-7-15(18)14-6-5-8-16(14)20/h13-15H,2-12H2,1H3. The summed E-state index contributed by atoms with van der Waals surface area (Å²) >= 11 is 0. The van der Waals surface area contributed by atoms with Gasteiger partial charge in [-0.25, -0.2) is 0 Å². The Balaban J connectivity index is 1.63. The number of ketones is 1. The lowest BCUT2D eigenvalue weighted by Crippen LogP contribution is -2.50. The summed E-state index contributed by atoms with van der Waals surface area (Å²) in [6.45, 7) is 4.41. The average molecular weight is 292 g/mol. The fourth-order valence-electron chi connectivity index (χ4n) is 4.21. The molecule has 3 fully saturated rings. The molecule has 1 saturated heterocycles. The van der Waals surface area contributed by atoms with Crippen LogP contribution < -0.4 is 0 Å². The predicted molar refractivity (Wildman–Crippen MR) is 82.0 cm³/mol. The highest BCUT2D eigenvalue weighted by atomic mass is 16.2. The molecule has 0 aromatic carbocycles. The zero-order valence-electron chi connectivity index (χ0n) is 13.2. The Morgan fingerprint density at radius 2 is 2.00 bits per heavy atom. The number of amides is 1. The SMILES string of the molecule is CCN(C(=O)CN1CCCCC1C1CCCC1=O)C1CC1. The molecule has 0 bridgehead atoms. The minimum atomic E-state index is 0.203. The van der Waals surface area contributed by atoms with Crippen LogP contribution in [0.25, 0.3) is 0 Å². The fourth-order valence-corrected chi connectivity index (χ4v) is 4.21. The quantitative estimate of drug-likeness (QED) is 0.780. The maximum absolute atomic E-state index is 12.6. The lowest BCUT2D eigenvalue weighted by Gasteiger charge is -2.39. The first-order chi connectivity index (χ1) is 10.2. The van der Waals surface area contributed by atoms with Crippen LogP contribution in [0.2, 0.25) is 0 Å². The van der Waals surface area contributed by atoms with Crippen molar-refractivity contribution in [2.24, 2.45) is 5.92 Å². The van der Waals surface area contributed by atoms with Crippen LogP contribution >= 0.6 is 0 Å². The molecule has 0 aromatic heterocycles. The van der Waals surface area contributed by atoms with Crippen LogP contribution in [0.4, 0.5) is 0 Å². The number of carbonyl (C=O) groups excluding carboxylic acids is 2. The van der Waals surface area contributed by atoms with E-state index < -0.39 is 0 Å². The van der Waals surface area contributed by atoms with Gasteiger partial charge in [0, 0.05) is 31.0 Å². The van der Waals surface area contributed by atoms with Crippen LogP contribution in [0, 0.1) is 5.92 Å². The Hall–Kier alpha value is -0.900. The summed E-state index contributed by atoms with van der Waals surface area (Å²) in [7, 11) is 0. The van der Waals surface area contributed by atoms with Crippen molar-refractivity contribution in [3.8, 4) is 0 Å². The van der Waals surface area contributed by atoms with Crippen LogP contribution in [0.3, 0.4) is 0 Å². The van der Waals surface area contributed by atoms with E-state index in [-0.39, 0.29) is 11.8 Å². The molecular formula is C17H28N2O2. The van der Waals surface area contributed by atoms with Gasteiger partial charge in [0.1, 0.15) is 5.78 Å². The van der Waals surface area contributed by atoms with E-state index in [0.717, 1.165) is 38.8 Å².